The first-order chi connectivity index (χ1) is 8.70. The number of carbonyl (C=O) groups excluding carboxylic acids is 1. The molecule has 0 fully saturated rings. The van der Waals surface area contributed by atoms with E-state index >= 15 is 0 Å². The van der Waals surface area contributed by atoms with Crippen molar-refractivity contribution in [2.45, 2.75) is 6.42 Å². The van der Waals surface area contributed by atoms with Crippen molar-refractivity contribution in [2.75, 3.05) is 7.11 Å². The highest BCUT2D eigenvalue weighted by molar-refractivity contribution is 6.31. The van der Waals surface area contributed by atoms with E-state index in [-0.39, 0.29) is 17.9 Å². The van der Waals surface area contributed by atoms with E-state index in [0.717, 1.165) is 0 Å². The van der Waals surface area contributed by atoms with Gasteiger partial charge >= 0.3 is 0 Å². The fourth-order valence-corrected chi connectivity index (χ4v) is 1.57. The molecule has 0 amide bonds. The van der Waals surface area contributed by atoms with Crippen LogP contribution in [0.15, 0.2) is 30.6 Å². The molecule has 0 aliphatic heterocycles. The maximum atomic E-state index is 11.9. The molecule has 6 heteroatoms. The quantitative estimate of drug-likeness (QED) is 0.789. The fourth-order valence-electron chi connectivity index (χ4n) is 1.39. The van der Waals surface area contributed by atoms with Crippen molar-refractivity contribution in [3.63, 3.8) is 0 Å². The van der Waals surface area contributed by atoms with Crippen LogP contribution in [-0.4, -0.2) is 28.1 Å². The Balaban J connectivity index is 2.14. The van der Waals surface area contributed by atoms with E-state index in [4.69, 9.17) is 16.3 Å². The third kappa shape index (κ3) is 2.81. The van der Waals surface area contributed by atoms with Crippen LogP contribution in [0.4, 0.5) is 0 Å². The Bertz CT molecular complexity index is 558. The number of nitrogens with zero attached hydrogens (tertiary/aromatic N) is 3. The first kappa shape index (κ1) is 12.4. The van der Waals surface area contributed by atoms with Gasteiger partial charge in [0.25, 0.3) is 0 Å². The van der Waals surface area contributed by atoms with Crippen LogP contribution in [0.5, 0.6) is 5.88 Å². The molecule has 0 aliphatic rings. The second kappa shape index (κ2) is 5.55. The Labute approximate surface area is 109 Å². The van der Waals surface area contributed by atoms with Gasteiger partial charge < -0.3 is 4.74 Å². The Kier molecular flexibility index (Phi) is 3.84. The molecule has 0 aliphatic carbocycles. The summed E-state index contributed by atoms with van der Waals surface area (Å²) in [4.78, 5) is 15.8. The third-order valence-corrected chi connectivity index (χ3v) is 2.68. The summed E-state index contributed by atoms with van der Waals surface area (Å²) in [5.74, 6) is 0.215. The standard InChI is InChI=1S/C12H10ClN3O2/c1-18-12-3-2-10(15-16-12)11(17)6-8-4-5-14-7-9(8)13/h2-5,7H,6H2,1H3. The van der Waals surface area contributed by atoms with Gasteiger partial charge in [-0.15, -0.1) is 10.2 Å². The molecule has 0 unspecified atom stereocenters. The second-order valence-corrected chi connectivity index (χ2v) is 3.94. The van der Waals surface area contributed by atoms with Crippen molar-refractivity contribution >= 4 is 17.4 Å². The molecule has 2 aromatic rings. The van der Waals surface area contributed by atoms with E-state index in [1.807, 2.05) is 0 Å². The Morgan fingerprint density at radius 3 is 2.78 bits per heavy atom. The van der Waals surface area contributed by atoms with E-state index in [2.05, 4.69) is 15.2 Å². The minimum absolute atomic E-state index is 0.154. The summed E-state index contributed by atoms with van der Waals surface area (Å²) in [5.41, 5.74) is 0.998. The zero-order valence-electron chi connectivity index (χ0n) is 9.63. The van der Waals surface area contributed by atoms with Crippen LogP contribution < -0.4 is 4.74 Å². The van der Waals surface area contributed by atoms with Gasteiger partial charge in [0.2, 0.25) is 5.88 Å². The predicted octanol–water partition coefficient (Wildman–Crippen LogP) is 1.96. The predicted molar refractivity (Wildman–Crippen MR) is 65.9 cm³/mol. The number of hydrogen-bond acceptors (Lipinski definition) is 5. The maximum Gasteiger partial charge on any atom is 0.233 e. The molecule has 2 heterocycles. The van der Waals surface area contributed by atoms with Crippen LogP contribution in [0, 0.1) is 0 Å². The number of ketones is 1. The fraction of sp³-hybridized carbons (Fsp3) is 0.167. The van der Waals surface area contributed by atoms with E-state index in [9.17, 15) is 4.79 Å². The molecular formula is C12H10ClN3O2. The molecule has 2 rings (SSSR count). The lowest BCUT2D eigenvalue weighted by molar-refractivity contribution is 0.0987. The van der Waals surface area contributed by atoms with Crippen molar-refractivity contribution in [3.05, 3.63) is 46.9 Å². The van der Waals surface area contributed by atoms with Crippen molar-refractivity contribution in [1.29, 1.82) is 0 Å². The summed E-state index contributed by atoms with van der Waals surface area (Å²) >= 11 is 5.93. The van der Waals surface area contributed by atoms with Crippen LogP contribution in [0.2, 0.25) is 5.02 Å². The lowest BCUT2D eigenvalue weighted by Crippen LogP contribution is -2.07. The monoisotopic (exact) mass is 263 g/mol. The average molecular weight is 264 g/mol. The third-order valence-electron chi connectivity index (χ3n) is 2.34. The Hall–Kier alpha value is -2.01. The molecule has 0 saturated carbocycles. The lowest BCUT2D eigenvalue weighted by atomic mass is 10.1. The first-order valence-corrected chi connectivity index (χ1v) is 5.58. The molecule has 0 atom stereocenters. The molecule has 18 heavy (non-hydrogen) atoms. The van der Waals surface area contributed by atoms with Gasteiger partial charge in [0.15, 0.2) is 5.78 Å². The number of carbonyl (C=O) groups is 1. The Morgan fingerprint density at radius 2 is 2.17 bits per heavy atom. The summed E-state index contributed by atoms with van der Waals surface area (Å²) in [6, 6.07) is 4.87. The minimum Gasteiger partial charge on any atom is -0.480 e. The molecule has 5 nitrogen and oxygen atoms in total. The number of rotatable bonds is 4. The van der Waals surface area contributed by atoms with Gasteiger partial charge in [-0.2, -0.15) is 0 Å². The van der Waals surface area contributed by atoms with Gasteiger partial charge in [-0.1, -0.05) is 11.6 Å². The lowest BCUT2D eigenvalue weighted by Gasteiger charge is -2.03. The first-order valence-electron chi connectivity index (χ1n) is 5.20. The summed E-state index contributed by atoms with van der Waals surface area (Å²) in [5, 5.41) is 8.00. The summed E-state index contributed by atoms with van der Waals surface area (Å²) in [7, 11) is 1.49. The van der Waals surface area contributed by atoms with E-state index in [1.165, 1.54) is 13.3 Å². The van der Waals surface area contributed by atoms with Gasteiger partial charge in [0.05, 0.1) is 12.1 Å². The largest absolute Gasteiger partial charge is 0.480 e. The van der Waals surface area contributed by atoms with Gasteiger partial charge in [0.1, 0.15) is 5.69 Å². The molecule has 92 valence electrons. The number of methoxy groups -OCH3 is 1. The topological polar surface area (TPSA) is 65.0 Å². The van der Waals surface area contributed by atoms with Crippen molar-refractivity contribution in [1.82, 2.24) is 15.2 Å². The van der Waals surface area contributed by atoms with Gasteiger partial charge in [-0.3, -0.25) is 9.78 Å². The van der Waals surface area contributed by atoms with Crippen molar-refractivity contribution < 1.29 is 9.53 Å². The molecule has 0 N–H and O–H groups in total. The zero-order chi connectivity index (χ0) is 13.0. The highest BCUT2D eigenvalue weighted by Gasteiger charge is 2.11. The maximum absolute atomic E-state index is 11.9. The number of ether oxygens (including phenoxy) is 1. The van der Waals surface area contributed by atoms with Gasteiger partial charge in [0, 0.05) is 24.9 Å². The summed E-state index contributed by atoms with van der Waals surface area (Å²) < 4.78 is 4.87. The molecule has 0 aromatic carbocycles. The van der Waals surface area contributed by atoms with Crippen LogP contribution in [0.3, 0.4) is 0 Å². The molecule has 0 radical (unpaired) electrons. The van der Waals surface area contributed by atoms with Crippen molar-refractivity contribution in [2.24, 2.45) is 0 Å². The normalized spacial score (nSPS) is 10.1. The number of Topliss-reactive ketones (excluding diaryl/α,β-unsaturated/α-hetero) is 1. The number of halogens is 1. The smallest absolute Gasteiger partial charge is 0.233 e. The van der Waals surface area contributed by atoms with Crippen LogP contribution >= 0.6 is 11.6 Å². The minimum atomic E-state index is -0.154. The van der Waals surface area contributed by atoms with E-state index in [0.29, 0.717) is 16.5 Å². The van der Waals surface area contributed by atoms with Crippen LogP contribution in [-0.2, 0) is 6.42 Å². The van der Waals surface area contributed by atoms with Gasteiger partial charge in [-0.25, -0.2) is 0 Å². The van der Waals surface area contributed by atoms with Crippen LogP contribution in [0.25, 0.3) is 0 Å². The highest BCUT2D eigenvalue weighted by atomic mass is 35.5. The molecule has 0 saturated heterocycles. The number of aromatic nitrogens is 3. The molecular weight excluding hydrogens is 254 g/mol. The average Bonchev–Trinajstić information content (AvgIpc) is 2.41. The summed E-state index contributed by atoms with van der Waals surface area (Å²) in [6.07, 6.45) is 3.26. The number of pyridine rings is 1. The second-order valence-electron chi connectivity index (χ2n) is 3.53. The summed E-state index contributed by atoms with van der Waals surface area (Å²) in [6.45, 7) is 0. The number of hydrogen-bond donors (Lipinski definition) is 0. The highest BCUT2D eigenvalue weighted by Crippen LogP contribution is 2.15. The van der Waals surface area contributed by atoms with Gasteiger partial charge in [-0.05, 0) is 17.7 Å². The molecule has 0 bridgehead atoms. The van der Waals surface area contributed by atoms with E-state index < -0.39 is 0 Å². The van der Waals surface area contributed by atoms with Crippen LogP contribution in [0.1, 0.15) is 16.1 Å². The molecule has 0 spiro atoms. The molecule has 2 aromatic heterocycles. The zero-order valence-corrected chi connectivity index (χ0v) is 10.4. The van der Waals surface area contributed by atoms with Crippen molar-refractivity contribution in [3.8, 4) is 5.88 Å². The SMILES string of the molecule is COc1ccc(C(=O)Cc2ccncc2Cl)nn1. The Morgan fingerprint density at radius 1 is 1.33 bits per heavy atom. The van der Waals surface area contributed by atoms with E-state index in [1.54, 1.807) is 24.4 Å².